The Morgan fingerprint density at radius 2 is 1.53 bits per heavy atom. The summed E-state index contributed by atoms with van der Waals surface area (Å²) in [6.45, 7) is 8.23. The molecular weight excluding hydrogens is 392 g/mol. The van der Waals surface area contributed by atoms with E-state index in [0.717, 1.165) is 27.9 Å². The minimum Gasteiger partial charge on any atom is -0.322 e. The van der Waals surface area contributed by atoms with E-state index >= 15 is 0 Å². The Hall–Kier alpha value is -3.17. The standard InChI is InChI=1S/C26H23ClN2O/c1-15-8-10-19(12-17(15)3)24-14-22(21-6-5-7-23(27)25(21)29-24)26(30)28-20-11-9-16(2)18(4)13-20/h5-14H,1-4H3,(H,28,30). The fourth-order valence-electron chi connectivity index (χ4n) is 3.47. The van der Waals surface area contributed by atoms with Crippen LogP contribution in [0.4, 0.5) is 5.69 Å². The number of amides is 1. The van der Waals surface area contributed by atoms with Gasteiger partial charge in [-0.2, -0.15) is 0 Å². The van der Waals surface area contributed by atoms with Gasteiger partial charge in [-0.1, -0.05) is 41.9 Å². The molecule has 3 nitrogen and oxygen atoms in total. The molecule has 0 aliphatic carbocycles. The van der Waals surface area contributed by atoms with Crippen molar-refractivity contribution in [1.29, 1.82) is 0 Å². The lowest BCUT2D eigenvalue weighted by Gasteiger charge is -2.13. The van der Waals surface area contributed by atoms with Crippen molar-refractivity contribution in [3.8, 4) is 11.3 Å². The van der Waals surface area contributed by atoms with Gasteiger partial charge < -0.3 is 5.32 Å². The zero-order valence-corrected chi connectivity index (χ0v) is 18.3. The van der Waals surface area contributed by atoms with Crippen molar-refractivity contribution in [3.63, 3.8) is 0 Å². The fraction of sp³-hybridized carbons (Fsp3) is 0.154. The number of benzene rings is 3. The van der Waals surface area contributed by atoms with Crippen molar-refractivity contribution >= 4 is 34.1 Å². The Kier molecular flexibility index (Phi) is 5.31. The van der Waals surface area contributed by atoms with E-state index in [1.165, 1.54) is 16.7 Å². The summed E-state index contributed by atoms with van der Waals surface area (Å²) in [7, 11) is 0. The number of aryl methyl sites for hydroxylation is 4. The molecule has 1 heterocycles. The van der Waals surface area contributed by atoms with Gasteiger partial charge in [0, 0.05) is 16.6 Å². The number of rotatable bonds is 3. The highest BCUT2D eigenvalue weighted by Gasteiger charge is 2.16. The van der Waals surface area contributed by atoms with Crippen molar-refractivity contribution in [2.45, 2.75) is 27.7 Å². The highest BCUT2D eigenvalue weighted by atomic mass is 35.5. The maximum atomic E-state index is 13.3. The lowest BCUT2D eigenvalue weighted by Crippen LogP contribution is -2.13. The average Bonchev–Trinajstić information content (AvgIpc) is 2.72. The Bertz CT molecular complexity index is 1290. The van der Waals surface area contributed by atoms with Crippen LogP contribution in [0.1, 0.15) is 32.6 Å². The van der Waals surface area contributed by atoms with E-state index < -0.39 is 0 Å². The van der Waals surface area contributed by atoms with Gasteiger partial charge in [0.15, 0.2) is 0 Å². The van der Waals surface area contributed by atoms with Crippen molar-refractivity contribution < 1.29 is 4.79 Å². The SMILES string of the molecule is Cc1ccc(NC(=O)c2cc(-c3ccc(C)c(C)c3)nc3c(Cl)cccc23)cc1C. The number of hydrogen-bond donors (Lipinski definition) is 1. The number of carbonyl (C=O) groups is 1. The molecule has 4 aromatic rings. The van der Waals surface area contributed by atoms with E-state index in [1.54, 1.807) is 6.07 Å². The van der Waals surface area contributed by atoms with Crippen LogP contribution in [0.2, 0.25) is 5.02 Å². The first kappa shape index (κ1) is 20.1. The monoisotopic (exact) mass is 414 g/mol. The Morgan fingerprint density at radius 3 is 2.23 bits per heavy atom. The number of anilines is 1. The Balaban J connectivity index is 1.84. The number of pyridine rings is 1. The van der Waals surface area contributed by atoms with Gasteiger partial charge in [0.05, 0.1) is 21.8 Å². The molecule has 0 aliphatic heterocycles. The molecule has 1 aromatic heterocycles. The number of fused-ring (bicyclic) bond motifs is 1. The summed E-state index contributed by atoms with van der Waals surface area (Å²) in [6, 6.07) is 19.5. The van der Waals surface area contributed by atoms with Gasteiger partial charge in [0.1, 0.15) is 0 Å². The van der Waals surface area contributed by atoms with E-state index in [1.807, 2.05) is 49.4 Å². The second-order valence-corrected chi connectivity index (χ2v) is 8.15. The number of carbonyl (C=O) groups excluding carboxylic acids is 1. The highest BCUT2D eigenvalue weighted by molar-refractivity contribution is 6.35. The lowest BCUT2D eigenvalue weighted by atomic mass is 10.0. The molecule has 0 fully saturated rings. The van der Waals surface area contributed by atoms with Crippen LogP contribution < -0.4 is 5.32 Å². The molecule has 1 amide bonds. The van der Waals surface area contributed by atoms with Crippen molar-refractivity contribution in [2.75, 3.05) is 5.32 Å². The van der Waals surface area contributed by atoms with Crippen LogP contribution in [0.25, 0.3) is 22.2 Å². The number of nitrogens with one attached hydrogen (secondary N) is 1. The Labute approximate surface area is 181 Å². The van der Waals surface area contributed by atoms with Crippen molar-refractivity contribution in [1.82, 2.24) is 4.98 Å². The summed E-state index contributed by atoms with van der Waals surface area (Å²) in [5.41, 5.74) is 8.33. The number of nitrogens with zero attached hydrogens (tertiary/aromatic N) is 1. The zero-order valence-electron chi connectivity index (χ0n) is 17.5. The van der Waals surface area contributed by atoms with Crippen LogP contribution >= 0.6 is 11.6 Å². The van der Waals surface area contributed by atoms with E-state index in [-0.39, 0.29) is 5.91 Å². The number of para-hydroxylation sites is 1. The lowest BCUT2D eigenvalue weighted by molar-refractivity contribution is 0.102. The first-order valence-electron chi connectivity index (χ1n) is 9.89. The third kappa shape index (κ3) is 3.81. The summed E-state index contributed by atoms with van der Waals surface area (Å²) >= 11 is 6.45. The van der Waals surface area contributed by atoms with Gasteiger partial charge in [-0.25, -0.2) is 4.98 Å². The molecule has 0 radical (unpaired) electrons. The number of hydrogen-bond acceptors (Lipinski definition) is 2. The van der Waals surface area contributed by atoms with Crippen LogP contribution in [-0.4, -0.2) is 10.9 Å². The summed E-state index contributed by atoms with van der Waals surface area (Å²) in [4.78, 5) is 18.0. The summed E-state index contributed by atoms with van der Waals surface area (Å²) in [5, 5.41) is 4.29. The molecular formula is C26H23ClN2O. The summed E-state index contributed by atoms with van der Waals surface area (Å²) in [5.74, 6) is -0.182. The molecule has 0 bridgehead atoms. The largest absolute Gasteiger partial charge is 0.322 e. The molecule has 0 spiro atoms. The molecule has 1 N–H and O–H groups in total. The molecule has 0 saturated carbocycles. The molecule has 0 atom stereocenters. The van der Waals surface area contributed by atoms with Crippen LogP contribution in [0.5, 0.6) is 0 Å². The van der Waals surface area contributed by atoms with Gasteiger partial charge in [-0.3, -0.25) is 4.79 Å². The first-order valence-corrected chi connectivity index (χ1v) is 10.3. The number of halogens is 1. The van der Waals surface area contributed by atoms with E-state index in [0.29, 0.717) is 16.1 Å². The van der Waals surface area contributed by atoms with Crippen LogP contribution in [-0.2, 0) is 0 Å². The van der Waals surface area contributed by atoms with E-state index in [2.05, 4.69) is 38.2 Å². The molecule has 4 rings (SSSR count). The zero-order chi connectivity index (χ0) is 21.4. The predicted molar refractivity (Wildman–Crippen MR) is 126 cm³/mol. The third-order valence-electron chi connectivity index (χ3n) is 5.60. The maximum Gasteiger partial charge on any atom is 0.256 e. The molecule has 3 aromatic carbocycles. The quantitative estimate of drug-likeness (QED) is 0.390. The molecule has 150 valence electrons. The second-order valence-electron chi connectivity index (χ2n) is 7.74. The van der Waals surface area contributed by atoms with Crippen LogP contribution in [0.3, 0.4) is 0 Å². The third-order valence-corrected chi connectivity index (χ3v) is 5.91. The van der Waals surface area contributed by atoms with Gasteiger partial charge in [0.2, 0.25) is 0 Å². The maximum absolute atomic E-state index is 13.3. The smallest absolute Gasteiger partial charge is 0.256 e. The van der Waals surface area contributed by atoms with Crippen LogP contribution in [0, 0.1) is 27.7 Å². The topological polar surface area (TPSA) is 42.0 Å². The van der Waals surface area contributed by atoms with Gasteiger partial charge in [-0.05, 0) is 80.3 Å². The number of aromatic nitrogens is 1. The molecule has 0 unspecified atom stereocenters. The summed E-state index contributed by atoms with van der Waals surface area (Å²) in [6.07, 6.45) is 0. The normalized spacial score (nSPS) is 11.0. The minimum absolute atomic E-state index is 0.182. The van der Waals surface area contributed by atoms with E-state index in [9.17, 15) is 4.79 Å². The van der Waals surface area contributed by atoms with Gasteiger partial charge in [-0.15, -0.1) is 0 Å². The molecule has 0 aliphatic rings. The highest BCUT2D eigenvalue weighted by Crippen LogP contribution is 2.30. The van der Waals surface area contributed by atoms with Crippen molar-refractivity contribution in [2.24, 2.45) is 0 Å². The Morgan fingerprint density at radius 1 is 0.833 bits per heavy atom. The van der Waals surface area contributed by atoms with Crippen molar-refractivity contribution in [3.05, 3.63) is 93.5 Å². The summed E-state index contributed by atoms with van der Waals surface area (Å²) < 4.78 is 0. The second kappa shape index (κ2) is 7.92. The van der Waals surface area contributed by atoms with E-state index in [4.69, 9.17) is 16.6 Å². The molecule has 4 heteroatoms. The molecule has 0 saturated heterocycles. The fourth-order valence-corrected chi connectivity index (χ4v) is 3.68. The van der Waals surface area contributed by atoms with Crippen LogP contribution in [0.15, 0.2) is 60.7 Å². The minimum atomic E-state index is -0.182. The first-order chi connectivity index (χ1) is 14.3. The van der Waals surface area contributed by atoms with Gasteiger partial charge in [0.25, 0.3) is 5.91 Å². The molecule has 30 heavy (non-hydrogen) atoms. The average molecular weight is 415 g/mol. The van der Waals surface area contributed by atoms with Gasteiger partial charge >= 0.3 is 0 Å². The predicted octanol–water partition coefficient (Wildman–Crippen LogP) is 7.04.